The largest absolute Gasteiger partial charge is 0.355 e. The number of rotatable bonds is 4. The van der Waals surface area contributed by atoms with Gasteiger partial charge in [0.15, 0.2) is 0 Å². The first-order valence-corrected chi connectivity index (χ1v) is 9.39. The van der Waals surface area contributed by atoms with E-state index in [-0.39, 0.29) is 17.9 Å². The standard InChI is InChI=1S/C20H22N2O2S/c1-3-17-16-11-13-25-18(16)10-12-22(17)19(23)9-6-14-4-7-15(8-5-14)20(24)21-2/h4-9,11,13,17H,3,10,12H2,1-2H3,(H,21,24)/b9-6+. The van der Waals surface area contributed by atoms with E-state index in [2.05, 4.69) is 23.7 Å². The average molecular weight is 354 g/mol. The normalized spacial score (nSPS) is 16.7. The number of nitrogens with zero attached hydrogens (tertiary/aromatic N) is 1. The maximum Gasteiger partial charge on any atom is 0.251 e. The fourth-order valence-electron chi connectivity index (χ4n) is 3.25. The Morgan fingerprint density at radius 2 is 2.04 bits per heavy atom. The molecule has 2 amide bonds. The van der Waals surface area contributed by atoms with Crippen molar-refractivity contribution in [2.45, 2.75) is 25.8 Å². The molecule has 0 saturated heterocycles. The first-order chi connectivity index (χ1) is 12.1. The lowest BCUT2D eigenvalue weighted by Gasteiger charge is -2.34. The first-order valence-electron chi connectivity index (χ1n) is 8.51. The quantitative estimate of drug-likeness (QED) is 0.852. The highest BCUT2D eigenvalue weighted by Gasteiger charge is 2.29. The van der Waals surface area contributed by atoms with Crippen LogP contribution in [-0.2, 0) is 11.2 Å². The summed E-state index contributed by atoms with van der Waals surface area (Å²) in [5.41, 5.74) is 2.82. The lowest BCUT2D eigenvalue weighted by molar-refractivity contribution is -0.128. The van der Waals surface area contributed by atoms with Crippen LogP contribution < -0.4 is 5.32 Å². The third-order valence-corrected chi connectivity index (χ3v) is 5.58. The summed E-state index contributed by atoms with van der Waals surface area (Å²) >= 11 is 1.79. The molecular weight excluding hydrogens is 332 g/mol. The molecule has 0 aliphatic carbocycles. The van der Waals surface area contributed by atoms with Crippen LogP contribution >= 0.6 is 11.3 Å². The van der Waals surface area contributed by atoms with Crippen LogP contribution in [0, 0.1) is 0 Å². The van der Waals surface area contributed by atoms with Gasteiger partial charge in [-0.05, 0) is 53.6 Å². The van der Waals surface area contributed by atoms with Gasteiger partial charge in [0.05, 0.1) is 6.04 Å². The van der Waals surface area contributed by atoms with Crippen LogP contribution in [0.3, 0.4) is 0 Å². The van der Waals surface area contributed by atoms with Gasteiger partial charge in [0.25, 0.3) is 5.91 Å². The van der Waals surface area contributed by atoms with Gasteiger partial charge in [-0.25, -0.2) is 0 Å². The van der Waals surface area contributed by atoms with Gasteiger partial charge in [-0.15, -0.1) is 11.3 Å². The van der Waals surface area contributed by atoms with Crippen molar-refractivity contribution in [3.8, 4) is 0 Å². The lowest BCUT2D eigenvalue weighted by Crippen LogP contribution is -2.38. The zero-order valence-corrected chi connectivity index (χ0v) is 15.3. The van der Waals surface area contributed by atoms with Crippen LogP contribution in [0.4, 0.5) is 0 Å². The van der Waals surface area contributed by atoms with Gasteiger partial charge in [-0.3, -0.25) is 9.59 Å². The highest BCUT2D eigenvalue weighted by Crippen LogP contribution is 2.35. The SMILES string of the molecule is CCC1c2ccsc2CCN1C(=O)/C=C/c1ccc(C(=O)NC)cc1. The molecule has 1 aromatic heterocycles. The Labute approximate surface area is 152 Å². The van der Waals surface area contributed by atoms with E-state index in [0.29, 0.717) is 5.56 Å². The summed E-state index contributed by atoms with van der Waals surface area (Å²) in [4.78, 5) is 27.6. The molecule has 1 atom stereocenters. The van der Waals surface area contributed by atoms with E-state index >= 15 is 0 Å². The van der Waals surface area contributed by atoms with Gasteiger partial charge < -0.3 is 10.2 Å². The Morgan fingerprint density at radius 3 is 2.72 bits per heavy atom. The second-order valence-corrected chi connectivity index (χ2v) is 7.04. The number of thiophene rings is 1. The van der Waals surface area contributed by atoms with Crippen LogP contribution in [0.5, 0.6) is 0 Å². The highest BCUT2D eigenvalue weighted by molar-refractivity contribution is 7.10. The van der Waals surface area contributed by atoms with Gasteiger partial charge in [0.1, 0.15) is 0 Å². The Balaban J connectivity index is 1.71. The van der Waals surface area contributed by atoms with Crippen LogP contribution in [0.15, 0.2) is 41.8 Å². The number of carbonyl (C=O) groups excluding carboxylic acids is 2. The molecule has 0 radical (unpaired) electrons. The summed E-state index contributed by atoms with van der Waals surface area (Å²) in [5, 5.41) is 4.71. The van der Waals surface area contributed by atoms with Gasteiger partial charge in [-0.1, -0.05) is 19.1 Å². The molecule has 1 aromatic carbocycles. The third-order valence-electron chi connectivity index (χ3n) is 4.58. The minimum Gasteiger partial charge on any atom is -0.355 e. The third kappa shape index (κ3) is 3.66. The van der Waals surface area contributed by atoms with E-state index in [1.807, 2.05) is 23.1 Å². The van der Waals surface area contributed by atoms with Gasteiger partial charge in [-0.2, -0.15) is 0 Å². The summed E-state index contributed by atoms with van der Waals surface area (Å²) in [5.74, 6) is -0.0728. The van der Waals surface area contributed by atoms with Crippen LogP contribution in [0.2, 0.25) is 0 Å². The predicted octanol–water partition coefficient (Wildman–Crippen LogP) is 3.66. The van der Waals surface area contributed by atoms with E-state index in [1.165, 1.54) is 10.4 Å². The van der Waals surface area contributed by atoms with Crippen molar-refractivity contribution in [3.63, 3.8) is 0 Å². The smallest absolute Gasteiger partial charge is 0.251 e. The number of benzene rings is 1. The summed E-state index contributed by atoms with van der Waals surface area (Å²) in [6.45, 7) is 2.89. The molecular formula is C20H22N2O2S. The fraction of sp³-hybridized carbons (Fsp3) is 0.300. The fourth-order valence-corrected chi connectivity index (χ4v) is 4.18. The maximum absolute atomic E-state index is 12.7. The molecule has 0 saturated carbocycles. The monoisotopic (exact) mass is 354 g/mol. The molecule has 3 rings (SSSR count). The second kappa shape index (κ2) is 7.66. The Kier molecular flexibility index (Phi) is 5.34. The molecule has 2 heterocycles. The van der Waals surface area contributed by atoms with Crippen molar-refractivity contribution in [1.29, 1.82) is 0 Å². The Morgan fingerprint density at radius 1 is 1.28 bits per heavy atom. The number of fused-ring (bicyclic) bond motifs is 1. The number of amides is 2. The highest BCUT2D eigenvalue weighted by atomic mass is 32.1. The molecule has 1 aliphatic rings. The first kappa shape index (κ1) is 17.4. The molecule has 0 fully saturated rings. The molecule has 25 heavy (non-hydrogen) atoms. The number of nitrogens with one attached hydrogen (secondary N) is 1. The molecule has 5 heteroatoms. The predicted molar refractivity (Wildman–Crippen MR) is 102 cm³/mol. The summed E-state index contributed by atoms with van der Waals surface area (Å²) < 4.78 is 0. The van der Waals surface area contributed by atoms with Crippen molar-refractivity contribution in [2.24, 2.45) is 0 Å². The zero-order valence-electron chi connectivity index (χ0n) is 14.5. The topological polar surface area (TPSA) is 49.4 Å². The minimum absolute atomic E-state index is 0.0408. The van der Waals surface area contributed by atoms with Crippen LogP contribution in [0.25, 0.3) is 6.08 Å². The molecule has 1 unspecified atom stereocenters. The maximum atomic E-state index is 12.7. The van der Waals surface area contributed by atoms with E-state index in [1.54, 1.807) is 36.6 Å². The van der Waals surface area contributed by atoms with Crippen molar-refractivity contribution in [2.75, 3.05) is 13.6 Å². The lowest BCUT2D eigenvalue weighted by atomic mass is 9.97. The van der Waals surface area contributed by atoms with Crippen molar-refractivity contribution >= 4 is 29.2 Å². The van der Waals surface area contributed by atoms with E-state index < -0.39 is 0 Å². The molecule has 130 valence electrons. The summed E-state index contributed by atoms with van der Waals surface area (Å²) in [6.07, 6.45) is 5.30. The van der Waals surface area contributed by atoms with Crippen molar-refractivity contribution in [3.05, 3.63) is 63.4 Å². The number of hydrogen-bond acceptors (Lipinski definition) is 3. The number of hydrogen-bond donors (Lipinski definition) is 1. The van der Waals surface area contributed by atoms with Crippen LogP contribution in [-0.4, -0.2) is 30.3 Å². The van der Waals surface area contributed by atoms with Crippen molar-refractivity contribution in [1.82, 2.24) is 10.2 Å². The van der Waals surface area contributed by atoms with E-state index in [9.17, 15) is 9.59 Å². The molecule has 2 aromatic rings. The second-order valence-electron chi connectivity index (χ2n) is 6.04. The summed E-state index contributed by atoms with van der Waals surface area (Å²) in [6, 6.07) is 9.53. The van der Waals surface area contributed by atoms with Crippen molar-refractivity contribution < 1.29 is 9.59 Å². The van der Waals surface area contributed by atoms with Gasteiger partial charge >= 0.3 is 0 Å². The minimum atomic E-state index is -0.114. The van der Waals surface area contributed by atoms with Gasteiger partial charge in [0.2, 0.25) is 5.91 Å². The zero-order chi connectivity index (χ0) is 17.8. The summed E-state index contributed by atoms with van der Waals surface area (Å²) in [7, 11) is 1.61. The Hall–Kier alpha value is -2.40. The van der Waals surface area contributed by atoms with Gasteiger partial charge in [0, 0.05) is 30.1 Å². The molecule has 1 aliphatic heterocycles. The number of carbonyl (C=O) groups is 2. The van der Waals surface area contributed by atoms with Crippen LogP contribution in [0.1, 0.15) is 45.7 Å². The van der Waals surface area contributed by atoms with E-state index in [0.717, 1.165) is 24.9 Å². The van der Waals surface area contributed by atoms with E-state index in [4.69, 9.17) is 0 Å². The average Bonchev–Trinajstić information content (AvgIpc) is 3.13. The Bertz CT molecular complexity index is 792. The molecule has 0 spiro atoms. The molecule has 1 N–H and O–H groups in total. The molecule has 0 bridgehead atoms. The molecule has 4 nitrogen and oxygen atoms in total.